The largest absolute Gasteiger partial charge is 0.342 e. The van der Waals surface area contributed by atoms with Crippen LogP contribution in [0.4, 0.5) is 0 Å². The van der Waals surface area contributed by atoms with Crippen LogP contribution in [0, 0.1) is 0 Å². The van der Waals surface area contributed by atoms with Crippen molar-refractivity contribution in [1.29, 1.82) is 0 Å². The van der Waals surface area contributed by atoms with Crippen molar-refractivity contribution in [1.82, 2.24) is 10.2 Å². The van der Waals surface area contributed by atoms with Crippen molar-refractivity contribution in [3.63, 3.8) is 0 Å². The Morgan fingerprint density at radius 3 is 2.93 bits per heavy atom. The SMILES string of the molecule is CCCCC(=O)N(C)C1CCCNC1. The molecule has 0 spiro atoms. The Hall–Kier alpha value is -0.570. The number of hydrogen-bond donors (Lipinski definition) is 1. The van der Waals surface area contributed by atoms with Gasteiger partial charge < -0.3 is 10.2 Å². The number of nitrogens with zero attached hydrogens (tertiary/aromatic N) is 1. The molecule has 1 rings (SSSR count). The van der Waals surface area contributed by atoms with E-state index in [1.807, 2.05) is 11.9 Å². The van der Waals surface area contributed by atoms with Crippen molar-refractivity contribution in [2.75, 3.05) is 20.1 Å². The fraction of sp³-hybridized carbons (Fsp3) is 0.909. The van der Waals surface area contributed by atoms with E-state index < -0.39 is 0 Å². The molecule has 0 aromatic heterocycles. The summed E-state index contributed by atoms with van der Waals surface area (Å²) < 4.78 is 0. The first-order valence-electron chi connectivity index (χ1n) is 5.72. The van der Waals surface area contributed by atoms with E-state index in [1.54, 1.807) is 0 Å². The van der Waals surface area contributed by atoms with Gasteiger partial charge in [-0.05, 0) is 25.8 Å². The molecule has 3 heteroatoms. The first kappa shape index (κ1) is 11.5. The van der Waals surface area contributed by atoms with Crippen LogP contribution in [0.3, 0.4) is 0 Å². The Morgan fingerprint density at radius 1 is 1.57 bits per heavy atom. The molecule has 0 bridgehead atoms. The van der Waals surface area contributed by atoms with Gasteiger partial charge in [0.2, 0.25) is 5.91 Å². The van der Waals surface area contributed by atoms with Crippen LogP contribution in [0.5, 0.6) is 0 Å². The fourth-order valence-electron chi connectivity index (χ4n) is 1.87. The van der Waals surface area contributed by atoms with Crippen LogP contribution in [-0.4, -0.2) is 37.0 Å². The molecular formula is C11H22N2O. The molecule has 1 aliphatic rings. The molecule has 1 amide bonds. The molecule has 0 aliphatic carbocycles. The summed E-state index contributed by atoms with van der Waals surface area (Å²) in [5, 5.41) is 3.33. The highest BCUT2D eigenvalue weighted by atomic mass is 16.2. The molecule has 1 unspecified atom stereocenters. The molecule has 0 aromatic carbocycles. The minimum absolute atomic E-state index is 0.306. The summed E-state index contributed by atoms with van der Waals surface area (Å²) in [4.78, 5) is 13.6. The van der Waals surface area contributed by atoms with E-state index in [2.05, 4.69) is 12.2 Å². The van der Waals surface area contributed by atoms with E-state index in [4.69, 9.17) is 0 Å². The highest BCUT2D eigenvalue weighted by molar-refractivity contribution is 5.76. The van der Waals surface area contributed by atoms with E-state index in [9.17, 15) is 4.79 Å². The summed E-state index contributed by atoms with van der Waals surface area (Å²) in [6.07, 6.45) is 5.17. The Balaban J connectivity index is 2.30. The maximum atomic E-state index is 11.7. The van der Waals surface area contributed by atoms with Gasteiger partial charge in [0.15, 0.2) is 0 Å². The number of likely N-dealkylation sites (N-methyl/N-ethyl adjacent to an activating group) is 1. The third-order valence-corrected chi connectivity index (χ3v) is 2.96. The van der Waals surface area contributed by atoms with Gasteiger partial charge in [0.05, 0.1) is 0 Å². The molecule has 1 N–H and O–H groups in total. The first-order chi connectivity index (χ1) is 6.75. The molecule has 1 saturated heterocycles. The molecule has 0 saturated carbocycles. The second kappa shape index (κ2) is 6.02. The molecular weight excluding hydrogens is 176 g/mol. The summed E-state index contributed by atoms with van der Waals surface area (Å²) in [7, 11) is 1.94. The predicted octanol–water partition coefficient (Wildman–Crippen LogP) is 1.39. The molecule has 1 aliphatic heterocycles. The number of carbonyl (C=O) groups excluding carboxylic acids is 1. The Bertz CT molecular complexity index is 176. The smallest absolute Gasteiger partial charge is 0.222 e. The van der Waals surface area contributed by atoms with Gasteiger partial charge in [0.25, 0.3) is 0 Å². The number of carbonyl (C=O) groups is 1. The standard InChI is InChI=1S/C11H22N2O/c1-3-4-7-11(14)13(2)10-6-5-8-12-9-10/h10,12H,3-9H2,1-2H3. The van der Waals surface area contributed by atoms with Crippen LogP contribution in [0.1, 0.15) is 39.0 Å². The van der Waals surface area contributed by atoms with Crippen LogP contribution in [0.2, 0.25) is 0 Å². The number of piperidine rings is 1. The summed E-state index contributed by atoms with van der Waals surface area (Å²) in [6.45, 7) is 4.19. The summed E-state index contributed by atoms with van der Waals surface area (Å²) in [5.74, 6) is 0.306. The van der Waals surface area contributed by atoms with Crippen LogP contribution in [-0.2, 0) is 4.79 Å². The average molecular weight is 198 g/mol. The van der Waals surface area contributed by atoms with E-state index in [-0.39, 0.29) is 0 Å². The van der Waals surface area contributed by atoms with Crippen molar-refractivity contribution in [3.05, 3.63) is 0 Å². The molecule has 1 heterocycles. The second-order valence-electron chi connectivity index (χ2n) is 4.11. The molecule has 0 aromatic rings. The minimum Gasteiger partial charge on any atom is -0.342 e. The Morgan fingerprint density at radius 2 is 2.36 bits per heavy atom. The van der Waals surface area contributed by atoms with Gasteiger partial charge in [-0.2, -0.15) is 0 Å². The lowest BCUT2D eigenvalue weighted by Crippen LogP contribution is -2.46. The van der Waals surface area contributed by atoms with Gasteiger partial charge in [-0.1, -0.05) is 13.3 Å². The predicted molar refractivity (Wildman–Crippen MR) is 58.2 cm³/mol. The Kier molecular flexibility index (Phi) is 4.94. The lowest BCUT2D eigenvalue weighted by atomic mass is 10.1. The van der Waals surface area contributed by atoms with Gasteiger partial charge in [0.1, 0.15) is 0 Å². The van der Waals surface area contributed by atoms with Crippen LogP contribution < -0.4 is 5.32 Å². The zero-order valence-corrected chi connectivity index (χ0v) is 9.38. The Labute approximate surface area is 86.9 Å². The minimum atomic E-state index is 0.306. The maximum Gasteiger partial charge on any atom is 0.222 e. The molecule has 0 radical (unpaired) electrons. The van der Waals surface area contributed by atoms with Gasteiger partial charge in [-0.3, -0.25) is 4.79 Å². The van der Waals surface area contributed by atoms with Crippen molar-refractivity contribution in [2.45, 2.75) is 45.1 Å². The van der Waals surface area contributed by atoms with Crippen LogP contribution >= 0.6 is 0 Å². The van der Waals surface area contributed by atoms with Gasteiger partial charge >= 0.3 is 0 Å². The number of hydrogen-bond acceptors (Lipinski definition) is 2. The lowest BCUT2D eigenvalue weighted by Gasteiger charge is -2.31. The summed E-state index contributed by atoms with van der Waals surface area (Å²) >= 11 is 0. The van der Waals surface area contributed by atoms with E-state index in [1.165, 1.54) is 6.42 Å². The quantitative estimate of drug-likeness (QED) is 0.740. The maximum absolute atomic E-state index is 11.7. The van der Waals surface area contributed by atoms with Gasteiger partial charge in [-0.15, -0.1) is 0 Å². The highest BCUT2D eigenvalue weighted by Crippen LogP contribution is 2.10. The highest BCUT2D eigenvalue weighted by Gasteiger charge is 2.20. The van der Waals surface area contributed by atoms with Crippen molar-refractivity contribution in [3.8, 4) is 0 Å². The molecule has 1 atom stereocenters. The third-order valence-electron chi connectivity index (χ3n) is 2.96. The number of nitrogens with one attached hydrogen (secondary N) is 1. The van der Waals surface area contributed by atoms with E-state index in [0.717, 1.165) is 32.4 Å². The van der Waals surface area contributed by atoms with Crippen molar-refractivity contribution < 1.29 is 4.79 Å². The topological polar surface area (TPSA) is 32.3 Å². The van der Waals surface area contributed by atoms with Crippen molar-refractivity contribution >= 4 is 5.91 Å². The molecule has 82 valence electrons. The molecule has 14 heavy (non-hydrogen) atoms. The van der Waals surface area contributed by atoms with E-state index in [0.29, 0.717) is 18.4 Å². The fourth-order valence-corrected chi connectivity index (χ4v) is 1.87. The number of unbranched alkanes of at least 4 members (excludes halogenated alkanes) is 1. The zero-order valence-electron chi connectivity index (χ0n) is 9.38. The molecule has 3 nitrogen and oxygen atoms in total. The third kappa shape index (κ3) is 3.29. The molecule has 1 fully saturated rings. The monoisotopic (exact) mass is 198 g/mol. The van der Waals surface area contributed by atoms with Crippen LogP contribution in [0.25, 0.3) is 0 Å². The number of rotatable bonds is 4. The lowest BCUT2D eigenvalue weighted by molar-refractivity contribution is -0.132. The average Bonchev–Trinajstić information content (AvgIpc) is 2.26. The normalized spacial score (nSPS) is 22.0. The van der Waals surface area contributed by atoms with Gasteiger partial charge in [0, 0.05) is 26.1 Å². The summed E-state index contributed by atoms with van der Waals surface area (Å²) in [6, 6.07) is 0.424. The first-order valence-corrected chi connectivity index (χ1v) is 5.72. The number of amides is 1. The van der Waals surface area contributed by atoms with E-state index >= 15 is 0 Å². The van der Waals surface area contributed by atoms with Crippen molar-refractivity contribution in [2.24, 2.45) is 0 Å². The van der Waals surface area contributed by atoms with Gasteiger partial charge in [-0.25, -0.2) is 0 Å². The summed E-state index contributed by atoms with van der Waals surface area (Å²) in [5.41, 5.74) is 0. The zero-order chi connectivity index (χ0) is 10.4. The van der Waals surface area contributed by atoms with Crippen LogP contribution in [0.15, 0.2) is 0 Å². The second-order valence-corrected chi connectivity index (χ2v) is 4.11.